The Balaban J connectivity index is 3.47. The Morgan fingerprint density at radius 2 is 2.00 bits per heavy atom. The molecule has 1 unspecified atom stereocenters. The van der Waals surface area contributed by atoms with Crippen LogP contribution >= 0.6 is 11.8 Å². The van der Waals surface area contributed by atoms with E-state index >= 15 is 0 Å². The van der Waals surface area contributed by atoms with E-state index in [2.05, 4.69) is 32.2 Å². The van der Waals surface area contributed by atoms with Crippen molar-refractivity contribution in [1.29, 1.82) is 5.26 Å². The summed E-state index contributed by atoms with van der Waals surface area (Å²) in [4.78, 5) is 0. The van der Waals surface area contributed by atoms with E-state index < -0.39 is 0 Å². The third-order valence-electron chi connectivity index (χ3n) is 2.87. The summed E-state index contributed by atoms with van der Waals surface area (Å²) in [5, 5.41) is 12.4. The van der Waals surface area contributed by atoms with E-state index in [9.17, 15) is 0 Å². The van der Waals surface area contributed by atoms with E-state index in [1.165, 1.54) is 24.3 Å². The molecule has 2 nitrogen and oxygen atoms in total. The predicted octanol–water partition coefficient (Wildman–Crippen LogP) is 3.83. The number of thioether (sulfide) groups is 1. The van der Waals surface area contributed by atoms with Gasteiger partial charge in [0.25, 0.3) is 0 Å². The van der Waals surface area contributed by atoms with E-state index in [0.29, 0.717) is 0 Å². The molecule has 0 fully saturated rings. The quantitative estimate of drug-likeness (QED) is 0.603. The molecular formula is C14H28N2S. The maximum atomic E-state index is 9.10. The number of nitrogens with one attached hydrogen (secondary N) is 1. The van der Waals surface area contributed by atoms with Crippen LogP contribution in [-0.4, -0.2) is 23.6 Å². The number of hydrogen-bond acceptors (Lipinski definition) is 3. The van der Waals surface area contributed by atoms with Crippen molar-refractivity contribution >= 4 is 11.8 Å². The van der Waals surface area contributed by atoms with Crippen molar-refractivity contribution in [3.8, 4) is 6.07 Å². The Hall–Kier alpha value is -0.200. The lowest BCUT2D eigenvalue weighted by Gasteiger charge is -2.22. The maximum absolute atomic E-state index is 9.10. The first-order chi connectivity index (χ1) is 8.04. The van der Waals surface area contributed by atoms with Crippen LogP contribution in [0.5, 0.6) is 0 Å². The Morgan fingerprint density at radius 3 is 2.53 bits per heavy atom. The van der Waals surface area contributed by atoms with Crippen LogP contribution in [0.25, 0.3) is 0 Å². The third kappa shape index (κ3) is 9.50. The van der Waals surface area contributed by atoms with E-state index in [4.69, 9.17) is 5.26 Å². The molecular weight excluding hydrogens is 228 g/mol. The second kappa shape index (κ2) is 9.79. The first-order valence-corrected chi connectivity index (χ1v) is 7.93. The SMILES string of the molecule is CCNC(C)(C#N)CCCCSCCC(C)C. The molecule has 0 saturated heterocycles. The first kappa shape index (κ1) is 16.8. The summed E-state index contributed by atoms with van der Waals surface area (Å²) in [5.74, 6) is 3.33. The number of nitriles is 1. The minimum Gasteiger partial charge on any atom is -0.300 e. The van der Waals surface area contributed by atoms with Gasteiger partial charge in [-0.3, -0.25) is 5.32 Å². The van der Waals surface area contributed by atoms with Crippen molar-refractivity contribution in [1.82, 2.24) is 5.32 Å². The van der Waals surface area contributed by atoms with Crippen molar-refractivity contribution < 1.29 is 0 Å². The van der Waals surface area contributed by atoms with E-state index in [0.717, 1.165) is 25.3 Å². The van der Waals surface area contributed by atoms with Gasteiger partial charge < -0.3 is 0 Å². The second-order valence-electron chi connectivity index (χ2n) is 5.23. The summed E-state index contributed by atoms with van der Waals surface area (Å²) in [5.41, 5.74) is -0.322. The summed E-state index contributed by atoms with van der Waals surface area (Å²) >= 11 is 2.05. The molecule has 0 heterocycles. The number of rotatable bonds is 10. The largest absolute Gasteiger partial charge is 0.300 e. The van der Waals surface area contributed by atoms with Crippen molar-refractivity contribution in [3.05, 3.63) is 0 Å². The highest BCUT2D eigenvalue weighted by Crippen LogP contribution is 2.16. The molecule has 0 bridgehead atoms. The minimum absolute atomic E-state index is 0.322. The van der Waals surface area contributed by atoms with Gasteiger partial charge in [0, 0.05) is 0 Å². The van der Waals surface area contributed by atoms with Gasteiger partial charge in [0.05, 0.1) is 6.07 Å². The first-order valence-electron chi connectivity index (χ1n) is 6.78. The maximum Gasteiger partial charge on any atom is 0.103 e. The molecule has 0 aliphatic carbocycles. The molecule has 0 rings (SSSR count). The average Bonchev–Trinajstić information content (AvgIpc) is 2.28. The van der Waals surface area contributed by atoms with Gasteiger partial charge in [0.1, 0.15) is 5.54 Å². The zero-order chi connectivity index (χ0) is 13.1. The number of hydrogen-bond donors (Lipinski definition) is 1. The smallest absolute Gasteiger partial charge is 0.103 e. The lowest BCUT2D eigenvalue weighted by molar-refractivity contribution is 0.415. The fourth-order valence-corrected chi connectivity index (χ4v) is 2.93. The molecule has 0 spiro atoms. The number of nitrogens with zero attached hydrogens (tertiary/aromatic N) is 1. The zero-order valence-corrected chi connectivity index (χ0v) is 12.7. The number of unbranched alkanes of at least 4 members (excludes halogenated alkanes) is 1. The lowest BCUT2D eigenvalue weighted by atomic mass is 9.97. The molecule has 3 heteroatoms. The van der Waals surface area contributed by atoms with Crippen LogP contribution in [0, 0.1) is 17.2 Å². The highest BCUT2D eigenvalue weighted by atomic mass is 32.2. The Morgan fingerprint density at radius 1 is 1.29 bits per heavy atom. The highest BCUT2D eigenvalue weighted by Gasteiger charge is 2.20. The van der Waals surface area contributed by atoms with E-state index in [1.807, 2.05) is 18.7 Å². The molecule has 0 aromatic carbocycles. The van der Waals surface area contributed by atoms with Gasteiger partial charge in [-0.05, 0) is 56.6 Å². The van der Waals surface area contributed by atoms with E-state index in [1.54, 1.807) is 0 Å². The van der Waals surface area contributed by atoms with Crippen molar-refractivity contribution in [3.63, 3.8) is 0 Å². The van der Waals surface area contributed by atoms with Crippen molar-refractivity contribution in [2.45, 2.75) is 58.9 Å². The Kier molecular flexibility index (Phi) is 9.68. The van der Waals surface area contributed by atoms with E-state index in [-0.39, 0.29) is 5.54 Å². The summed E-state index contributed by atoms with van der Waals surface area (Å²) in [7, 11) is 0. The molecule has 0 amide bonds. The standard InChI is InChI=1S/C14H28N2S/c1-5-16-14(4,12-15)9-6-7-10-17-11-8-13(2)3/h13,16H,5-11H2,1-4H3. The van der Waals surface area contributed by atoms with Crippen LogP contribution in [0.2, 0.25) is 0 Å². The topological polar surface area (TPSA) is 35.8 Å². The van der Waals surface area contributed by atoms with Gasteiger partial charge in [-0.1, -0.05) is 20.8 Å². The zero-order valence-electron chi connectivity index (χ0n) is 11.9. The summed E-state index contributed by atoms with van der Waals surface area (Å²) in [6.45, 7) is 9.47. The molecule has 1 N–H and O–H groups in total. The van der Waals surface area contributed by atoms with Crippen LogP contribution in [-0.2, 0) is 0 Å². The monoisotopic (exact) mass is 256 g/mol. The molecule has 0 aromatic rings. The Bertz CT molecular complexity index is 223. The fourth-order valence-electron chi connectivity index (χ4n) is 1.68. The van der Waals surface area contributed by atoms with Crippen LogP contribution in [0.4, 0.5) is 0 Å². The molecule has 17 heavy (non-hydrogen) atoms. The van der Waals surface area contributed by atoms with Crippen LogP contribution in [0.3, 0.4) is 0 Å². The summed E-state index contributed by atoms with van der Waals surface area (Å²) < 4.78 is 0. The average molecular weight is 256 g/mol. The van der Waals surface area contributed by atoms with Gasteiger partial charge in [0.15, 0.2) is 0 Å². The predicted molar refractivity (Wildman–Crippen MR) is 78.3 cm³/mol. The molecule has 0 aliphatic heterocycles. The molecule has 0 radical (unpaired) electrons. The van der Waals surface area contributed by atoms with Crippen LogP contribution in [0.1, 0.15) is 53.4 Å². The van der Waals surface area contributed by atoms with Gasteiger partial charge >= 0.3 is 0 Å². The van der Waals surface area contributed by atoms with Gasteiger partial charge in [-0.25, -0.2) is 0 Å². The molecule has 1 atom stereocenters. The highest BCUT2D eigenvalue weighted by molar-refractivity contribution is 7.99. The lowest BCUT2D eigenvalue weighted by Crippen LogP contribution is -2.40. The Labute approximate surface area is 112 Å². The van der Waals surface area contributed by atoms with Gasteiger partial charge in [0.2, 0.25) is 0 Å². The minimum atomic E-state index is -0.322. The summed E-state index contributed by atoms with van der Waals surface area (Å²) in [6.07, 6.45) is 4.65. The molecule has 0 aliphatic rings. The van der Waals surface area contributed by atoms with Crippen molar-refractivity contribution in [2.75, 3.05) is 18.1 Å². The van der Waals surface area contributed by atoms with Gasteiger partial charge in [-0.15, -0.1) is 0 Å². The van der Waals surface area contributed by atoms with Crippen LogP contribution in [0.15, 0.2) is 0 Å². The molecule has 0 saturated carbocycles. The van der Waals surface area contributed by atoms with Crippen molar-refractivity contribution in [2.24, 2.45) is 5.92 Å². The molecule has 0 aromatic heterocycles. The molecule has 100 valence electrons. The normalized spacial score (nSPS) is 14.6. The summed E-state index contributed by atoms with van der Waals surface area (Å²) in [6, 6.07) is 2.38. The fraction of sp³-hybridized carbons (Fsp3) is 0.929. The second-order valence-corrected chi connectivity index (χ2v) is 6.45. The third-order valence-corrected chi connectivity index (χ3v) is 3.97. The van der Waals surface area contributed by atoms with Crippen LogP contribution < -0.4 is 5.32 Å². The van der Waals surface area contributed by atoms with Gasteiger partial charge in [-0.2, -0.15) is 17.0 Å².